The van der Waals surface area contributed by atoms with E-state index in [-0.39, 0.29) is 31.6 Å². The first-order valence-corrected chi connectivity index (χ1v) is 28.2. The molecule has 0 bridgehead atoms. The fourth-order valence-electron chi connectivity index (χ4n) is 9.89. The summed E-state index contributed by atoms with van der Waals surface area (Å²) < 4.78 is 5.66. The van der Waals surface area contributed by atoms with Gasteiger partial charge in [-0.2, -0.15) is 0 Å². The molecule has 0 saturated carbocycles. The van der Waals surface area contributed by atoms with E-state index in [4.69, 9.17) is 4.74 Å². The number of likely N-dealkylation sites (N-methyl/N-ethyl adjacent to an activating group) is 5. The van der Waals surface area contributed by atoms with Crippen LogP contribution in [0.15, 0.2) is 66.3 Å². The lowest BCUT2D eigenvalue weighted by Crippen LogP contribution is -2.62. The Hall–Kier alpha value is -6.41. The molecule has 0 aromatic heterocycles. The Morgan fingerprint density at radius 3 is 1.86 bits per heavy atom. The number of allylic oxidation sites excluding steroid dienone is 4. The van der Waals surface area contributed by atoms with E-state index in [0.29, 0.717) is 18.4 Å². The van der Waals surface area contributed by atoms with Crippen LogP contribution >= 0.6 is 0 Å². The number of aliphatic hydroxyl groups excluding tert-OH is 1. The molecule has 1 aromatic carbocycles. The number of carbonyl (C=O) groups is 9. The summed E-state index contributed by atoms with van der Waals surface area (Å²) in [5.74, 6) is -7.28. The Bertz CT molecular complexity index is 2320. The molecular weight excluding hydrogens is 1020 g/mol. The number of hydrogen-bond acceptors (Lipinski definition) is 11. The van der Waals surface area contributed by atoms with Gasteiger partial charge in [0.15, 0.2) is 0 Å². The second-order valence-corrected chi connectivity index (χ2v) is 22.3. The monoisotopic (exact) mass is 1120 g/mol. The lowest BCUT2D eigenvalue weighted by atomic mass is 9.95. The van der Waals surface area contributed by atoms with Crippen molar-refractivity contribution in [3.63, 3.8) is 0 Å². The molecular formula is C60H96N8O12. The van der Waals surface area contributed by atoms with Gasteiger partial charge in [-0.3, -0.25) is 38.4 Å². The molecule has 80 heavy (non-hydrogen) atoms. The topological polar surface area (TPSA) is 247 Å². The number of methoxy groups -OCH3 is 1. The van der Waals surface area contributed by atoms with Crippen LogP contribution in [0, 0.1) is 17.8 Å². The number of carboxylic acids is 1. The lowest BCUT2D eigenvalue weighted by Gasteiger charge is -2.41. The van der Waals surface area contributed by atoms with Crippen LogP contribution in [0.3, 0.4) is 0 Å². The highest BCUT2D eigenvalue weighted by Crippen LogP contribution is 2.27. The number of amides is 8. The first-order valence-electron chi connectivity index (χ1n) is 28.2. The largest absolute Gasteiger partial charge is 0.480 e. The van der Waals surface area contributed by atoms with Crippen molar-refractivity contribution >= 4 is 53.2 Å². The number of ether oxygens (including phenoxy) is 1. The summed E-state index contributed by atoms with van der Waals surface area (Å²) in [6.45, 7) is 15.6. The van der Waals surface area contributed by atoms with Crippen molar-refractivity contribution in [2.24, 2.45) is 17.8 Å². The van der Waals surface area contributed by atoms with Crippen LogP contribution in [0.25, 0.3) is 0 Å². The molecule has 0 unspecified atom stereocenters. The fourth-order valence-corrected chi connectivity index (χ4v) is 9.89. The summed E-state index contributed by atoms with van der Waals surface area (Å²) in [5, 5.41) is 24.4. The zero-order valence-electron chi connectivity index (χ0n) is 50.6. The minimum Gasteiger partial charge on any atom is -0.480 e. The molecule has 1 saturated heterocycles. The van der Waals surface area contributed by atoms with Gasteiger partial charge in [-0.15, -0.1) is 0 Å². The SMILES string of the molecule is CNC(=O)C[C@@H](C(=O)N(C)[C@@H](C)C(=O)O)N(C)C(=O)[C@@H]1CCCN1C(=O)[C@H](C(C)C)N(C)C(=O)[C@H](C(C)C)N(C)C(=O)[C@H](Cc1ccccc1)N(C)C(=O)[C@H](NC(=O)/C(C)=C/C=C/C[C@H](CC/C=C/CCC[C@H](C)O)OC)C(C)C. The molecule has 1 fully saturated rings. The van der Waals surface area contributed by atoms with E-state index < -0.39 is 120 Å². The van der Waals surface area contributed by atoms with Gasteiger partial charge >= 0.3 is 5.97 Å². The van der Waals surface area contributed by atoms with Gasteiger partial charge in [-0.05, 0) is 95.5 Å². The van der Waals surface area contributed by atoms with Gasteiger partial charge in [0.2, 0.25) is 47.3 Å². The molecule has 2 rings (SSSR count). The number of benzene rings is 1. The number of nitrogens with zero attached hydrogens (tertiary/aromatic N) is 6. The maximum absolute atomic E-state index is 15.1. The van der Waals surface area contributed by atoms with Crippen molar-refractivity contribution in [2.75, 3.05) is 55.9 Å². The number of aliphatic carboxylic acids is 1. The molecule has 20 heteroatoms. The quantitative estimate of drug-likeness (QED) is 0.0328. The average Bonchev–Trinajstić information content (AvgIpc) is 3.93. The van der Waals surface area contributed by atoms with Crippen LogP contribution in [0.5, 0.6) is 0 Å². The van der Waals surface area contributed by atoms with Crippen LogP contribution in [0.2, 0.25) is 0 Å². The highest BCUT2D eigenvalue weighted by molar-refractivity contribution is 6.00. The predicted molar refractivity (Wildman–Crippen MR) is 308 cm³/mol. The molecule has 1 aliphatic rings. The van der Waals surface area contributed by atoms with E-state index in [9.17, 15) is 43.8 Å². The Labute approximate surface area is 476 Å². The van der Waals surface area contributed by atoms with E-state index >= 15 is 9.59 Å². The normalized spacial score (nSPS) is 16.9. The summed E-state index contributed by atoms with van der Waals surface area (Å²) in [4.78, 5) is 133. The molecule has 20 nitrogen and oxygen atoms in total. The highest BCUT2D eigenvalue weighted by Gasteiger charge is 2.46. The van der Waals surface area contributed by atoms with Crippen molar-refractivity contribution in [3.05, 3.63) is 71.8 Å². The number of unbranched alkanes of at least 4 members (excludes halogenated alkanes) is 1. The van der Waals surface area contributed by atoms with E-state index in [1.165, 1.54) is 68.8 Å². The maximum Gasteiger partial charge on any atom is 0.326 e. The molecule has 1 aliphatic heterocycles. The van der Waals surface area contributed by atoms with Gasteiger partial charge < -0.3 is 55.0 Å². The van der Waals surface area contributed by atoms with Crippen LogP contribution in [-0.4, -0.2) is 203 Å². The van der Waals surface area contributed by atoms with Crippen molar-refractivity contribution < 1.29 is 58.1 Å². The maximum atomic E-state index is 15.1. The van der Waals surface area contributed by atoms with E-state index in [1.54, 1.807) is 74.7 Å². The molecule has 0 aliphatic carbocycles. The summed E-state index contributed by atoms with van der Waals surface area (Å²) in [6, 6.07) is 0.961. The second kappa shape index (κ2) is 34.0. The molecule has 9 atom stereocenters. The molecule has 0 radical (unpaired) electrons. The third kappa shape index (κ3) is 20.3. The van der Waals surface area contributed by atoms with Gasteiger partial charge in [0.25, 0.3) is 0 Å². The molecule has 1 heterocycles. The van der Waals surface area contributed by atoms with Gasteiger partial charge in [0.05, 0.1) is 18.6 Å². The Morgan fingerprint density at radius 2 is 1.31 bits per heavy atom. The van der Waals surface area contributed by atoms with Crippen LogP contribution in [-0.2, 0) is 54.3 Å². The van der Waals surface area contributed by atoms with Crippen molar-refractivity contribution in [3.8, 4) is 0 Å². The van der Waals surface area contributed by atoms with E-state index in [1.807, 2.05) is 36.4 Å². The predicted octanol–water partition coefficient (Wildman–Crippen LogP) is 4.84. The smallest absolute Gasteiger partial charge is 0.326 e. The molecule has 1 aromatic rings. The van der Waals surface area contributed by atoms with Crippen LogP contribution in [0.1, 0.15) is 126 Å². The minimum atomic E-state index is -1.39. The minimum absolute atomic E-state index is 0.0203. The number of likely N-dealkylation sites (tertiary alicyclic amines) is 1. The molecule has 8 amide bonds. The number of nitrogens with one attached hydrogen (secondary N) is 2. The second-order valence-electron chi connectivity index (χ2n) is 22.3. The van der Waals surface area contributed by atoms with Crippen molar-refractivity contribution in [1.29, 1.82) is 0 Å². The number of carbonyl (C=O) groups excluding carboxylic acids is 8. The summed E-state index contributed by atoms with van der Waals surface area (Å²) in [7, 11) is 10.1. The van der Waals surface area contributed by atoms with Crippen LogP contribution < -0.4 is 10.6 Å². The van der Waals surface area contributed by atoms with E-state index in [0.717, 1.165) is 47.5 Å². The first-order chi connectivity index (χ1) is 37.5. The highest BCUT2D eigenvalue weighted by atomic mass is 16.5. The molecule has 4 N–H and O–H groups in total. The molecule has 448 valence electrons. The Morgan fingerprint density at radius 1 is 0.725 bits per heavy atom. The Kier molecular flexibility index (Phi) is 29.6. The van der Waals surface area contributed by atoms with Gasteiger partial charge in [-0.25, -0.2) is 4.79 Å². The summed E-state index contributed by atoms with van der Waals surface area (Å²) >= 11 is 0. The van der Waals surface area contributed by atoms with Crippen LogP contribution in [0.4, 0.5) is 0 Å². The standard InChI is InChI=1S/C60H96N8O12/c1-38(2)50(62-53(71)41(7)28-25-26-33-45(80-16)32-24-19-17-18-21-29-42(8)69)57(75)65(13)47(36-44-30-22-20-23-31-44)56(74)66(14)51(39(3)4)58(76)67(15)52(40(5)6)59(77)68-35-27-34-46(68)54(72)64(12)48(37-49(70)61-10)55(73)63(11)43(9)60(78)79/h17,19-20,22-23,25-26,28,30-31,38-40,42-43,45-48,50-52,69H,18,21,24,27,29,32-37H2,1-16H3,(H,61,70)(H,62,71)(H,78,79)/b19-17+,26-25+,41-28+/t42-,43-,45-,46-,47-,48-,50+,51-,52-/m0/s1. The Balaban J connectivity index is 2.42. The number of aliphatic hydroxyl groups is 1. The molecule has 0 spiro atoms. The van der Waals surface area contributed by atoms with Crippen molar-refractivity contribution in [1.82, 2.24) is 40.0 Å². The first kappa shape index (κ1) is 69.7. The zero-order chi connectivity index (χ0) is 60.7. The van der Waals surface area contributed by atoms with Gasteiger partial charge in [0, 0.05) is 67.9 Å². The number of rotatable bonds is 32. The lowest BCUT2D eigenvalue weighted by molar-refractivity contribution is -0.158. The summed E-state index contributed by atoms with van der Waals surface area (Å²) in [5.41, 5.74) is 1.11. The van der Waals surface area contributed by atoms with Gasteiger partial charge in [-0.1, -0.05) is 102 Å². The third-order valence-corrected chi connectivity index (χ3v) is 15.1. The average molecular weight is 1120 g/mol. The third-order valence-electron chi connectivity index (χ3n) is 15.1. The van der Waals surface area contributed by atoms with Crippen molar-refractivity contribution in [2.45, 2.75) is 181 Å². The van der Waals surface area contributed by atoms with Gasteiger partial charge in [0.1, 0.15) is 42.3 Å². The fraction of sp³-hybridized carbons (Fsp3) is 0.650. The summed E-state index contributed by atoms with van der Waals surface area (Å²) in [6.07, 6.45) is 14.5. The van der Waals surface area contributed by atoms with E-state index in [2.05, 4.69) is 22.8 Å². The number of hydrogen-bond donors (Lipinski definition) is 4. The zero-order valence-corrected chi connectivity index (χ0v) is 50.6. The number of carboxylic acid groups (broad SMARTS) is 1.